The summed E-state index contributed by atoms with van der Waals surface area (Å²) in [5.74, 6) is 0.118. The van der Waals surface area contributed by atoms with E-state index >= 15 is 0 Å². The number of rotatable bonds is 5. The van der Waals surface area contributed by atoms with Gasteiger partial charge in [0.15, 0.2) is 5.16 Å². The molecule has 0 fully saturated rings. The van der Waals surface area contributed by atoms with Crippen LogP contribution in [0.3, 0.4) is 0 Å². The number of hydrogen-bond donors (Lipinski definition) is 0. The maximum Gasteiger partial charge on any atom is 0.433 e. The molecule has 2 heterocycles. The highest BCUT2D eigenvalue weighted by Gasteiger charge is 2.34. The fraction of sp³-hybridized carbons (Fsp3) is 0.167. The predicted molar refractivity (Wildman–Crippen MR) is 96.4 cm³/mol. The highest BCUT2D eigenvalue weighted by molar-refractivity contribution is 7.99. The van der Waals surface area contributed by atoms with E-state index in [0.717, 1.165) is 41.7 Å². The molecule has 0 saturated carbocycles. The van der Waals surface area contributed by atoms with Crippen LogP contribution < -0.4 is 0 Å². The number of hydrogen-bond acceptors (Lipinski definition) is 5. The molecular formula is C18H11F6N3S2. The van der Waals surface area contributed by atoms with Crippen molar-refractivity contribution < 1.29 is 26.3 Å². The van der Waals surface area contributed by atoms with E-state index in [2.05, 4.69) is 15.0 Å². The molecule has 152 valence electrons. The molecule has 0 atom stereocenters. The van der Waals surface area contributed by atoms with Gasteiger partial charge in [-0.2, -0.15) is 26.3 Å². The number of alkyl halides is 6. The molecule has 0 N–H and O–H groups in total. The first-order valence-electron chi connectivity index (χ1n) is 7.95. The van der Waals surface area contributed by atoms with Crippen LogP contribution in [0.4, 0.5) is 26.3 Å². The van der Waals surface area contributed by atoms with Crippen LogP contribution in [0.5, 0.6) is 0 Å². The van der Waals surface area contributed by atoms with Crippen LogP contribution in [-0.4, -0.2) is 15.0 Å². The summed E-state index contributed by atoms with van der Waals surface area (Å²) >= 11 is 1.86. The Hall–Kier alpha value is -2.27. The van der Waals surface area contributed by atoms with Gasteiger partial charge in [0.2, 0.25) is 0 Å². The minimum Gasteiger partial charge on any atom is -0.250 e. The Morgan fingerprint density at radius 3 is 2.10 bits per heavy atom. The molecule has 1 aromatic carbocycles. The van der Waals surface area contributed by atoms with Crippen molar-refractivity contribution in [2.75, 3.05) is 0 Å². The van der Waals surface area contributed by atoms with Gasteiger partial charge in [-0.3, -0.25) is 0 Å². The standard InChI is InChI=1S/C18H11F6N3S2/c19-17(20,21)12-6-4-11(5-7-12)10-28-16-26-13(18(22,23)24)9-15(27-16)29-14-3-1-2-8-25-14/h1-9H,10H2. The van der Waals surface area contributed by atoms with E-state index in [1.54, 1.807) is 18.2 Å². The first kappa shape index (κ1) is 21.4. The van der Waals surface area contributed by atoms with Gasteiger partial charge in [0, 0.05) is 18.0 Å². The van der Waals surface area contributed by atoms with E-state index in [4.69, 9.17) is 0 Å². The summed E-state index contributed by atoms with van der Waals surface area (Å²) < 4.78 is 77.4. The first-order valence-corrected chi connectivity index (χ1v) is 9.75. The molecule has 0 unspecified atom stereocenters. The van der Waals surface area contributed by atoms with Gasteiger partial charge in [-0.15, -0.1) is 0 Å². The smallest absolute Gasteiger partial charge is 0.250 e. The Balaban J connectivity index is 1.79. The lowest BCUT2D eigenvalue weighted by Crippen LogP contribution is -2.10. The second-order valence-electron chi connectivity index (χ2n) is 5.63. The lowest BCUT2D eigenvalue weighted by molar-refractivity contribution is -0.142. The quantitative estimate of drug-likeness (QED) is 0.197. The molecule has 0 bridgehead atoms. The maximum absolute atomic E-state index is 13.2. The van der Waals surface area contributed by atoms with Crippen LogP contribution in [0, 0.1) is 0 Å². The van der Waals surface area contributed by atoms with Gasteiger partial charge in [0.25, 0.3) is 0 Å². The third kappa shape index (κ3) is 6.10. The van der Waals surface area contributed by atoms with Crippen molar-refractivity contribution in [1.82, 2.24) is 15.0 Å². The molecule has 0 radical (unpaired) electrons. The second kappa shape index (κ2) is 8.62. The molecule has 0 aliphatic rings. The molecule has 11 heteroatoms. The fourth-order valence-corrected chi connectivity index (χ4v) is 3.77. The molecule has 0 spiro atoms. The summed E-state index contributed by atoms with van der Waals surface area (Å²) in [5.41, 5.74) is -1.39. The van der Waals surface area contributed by atoms with Crippen LogP contribution in [-0.2, 0) is 18.1 Å². The number of aromatic nitrogens is 3. The third-order valence-electron chi connectivity index (χ3n) is 3.47. The lowest BCUT2D eigenvalue weighted by Gasteiger charge is -2.10. The number of benzene rings is 1. The van der Waals surface area contributed by atoms with Gasteiger partial charge >= 0.3 is 12.4 Å². The second-order valence-corrected chi connectivity index (χ2v) is 7.61. The first-order chi connectivity index (χ1) is 13.6. The molecule has 29 heavy (non-hydrogen) atoms. The van der Waals surface area contributed by atoms with Crippen molar-refractivity contribution in [3.05, 3.63) is 71.5 Å². The van der Waals surface area contributed by atoms with E-state index < -0.39 is 23.6 Å². The number of halogens is 6. The monoisotopic (exact) mass is 447 g/mol. The highest BCUT2D eigenvalue weighted by Crippen LogP contribution is 2.34. The van der Waals surface area contributed by atoms with Crippen molar-refractivity contribution in [3.8, 4) is 0 Å². The number of nitrogens with zero attached hydrogens (tertiary/aromatic N) is 3. The Bertz CT molecular complexity index is 960. The Kier molecular flexibility index (Phi) is 6.37. The molecule has 0 saturated heterocycles. The molecule has 0 amide bonds. The largest absolute Gasteiger partial charge is 0.433 e. The third-order valence-corrected chi connectivity index (χ3v) is 5.26. The summed E-state index contributed by atoms with van der Waals surface area (Å²) in [6.07, 6.45) is -7.60. The average Bonchev–Trinajstić information content (AvgIpc) is 2.66. The van der Waals surface area contributed by atoms with Gasteiger partial charge in [-0.05, 0) is 41.6 Å². The van der Waals surface area contributed by atoms with Gasteiger partial charge in [-0.25, -0.2) is 15.0 Å². The van der Waals surface area contributed by atoms with E-state index in [-0.39, 0.29) is 15.9 Å². The fourth-order valence-electron chi connectivity index (χ4n) is 2.12. The topological polar surface area (TPSA) is 38.7 Å². The van der Waals surface area contributed by atoms with Gasteiger partial charge in [-0.1, -0.05) is 30.0 Å². The SMILES string of the molecule is FC(F)(F)c1ccc(CSc2nc(Sc3ccccn3)cc(C(F)(F)F)n2)cc1. The Morgan fingerprint density at radius 2 is 1.52 bits per heavy atom. The zero-order chi connectivity index (χ0) is 21.1. The minimum absolute atomic E-state index is 0.0703. The lowest BCUT2D eigenvalue weighted by atomic mass is 10.1. The van der Waals surface area contributed by atoms with E-state index in [9.17, 15) is 26.3 Å². The van der Waals surface area contributed by atoms with Gasteiger partial charge < -0.3 is 0 Å². The summed E-state index contributed by atoms with van der Waals surface area (Å²) in [7, 11) is 0. The van der Waals surface area contributed by atoms with E-state index in [1.165, 1.54) is 18.3 Å². The highest BCUT2D eigenvalue weighted by atomic mass is 32.2. The van der Waals surface area contributed by atoms with Crippen LogP contribution in [0.25, 0.3) is 0 Å². The maximum atomic E-state index is 13.2. The van der Waals surface area contributed by atoms with Crippen LogP contribution >= 0.6 is 23.5 Å². The molecule has 3 nitrogen and oxygen atoms in total. The average molecular weight is 447 g/mol. The molecule has 0 aliphatic carbocycles. The molecule has 3 rings (SSSR count). The Labute approximate surface area is 170 Å². The van der Waals surface area contributed by atoms with E-state index in [0.29, 0.717) is 10.6 Å². The molecule has 0 aliphatic heterocycles. The van der Waals surface area contributed by atoms with Crippen molar-refractivity contribution in [2.45, 2.75) is 33.3 Å². The van der Waals surface area contributed by atoms with Gasteiger partial charge in [0.05, 0.1) is 5.56 Å². The zero-order valence-corrected chi connectivity index (χ0v) is 16.0. The molecule has 3 aromatic rings. The predicted octanol–water partition coefficient (Wildman–Crippen LogP) is 6.35. The van der Waals surface area contributed by atoms with Crippen molar-refractivity contribution in [1.29, 1.82) is 0 Å². The normalized spacial score (nSPS) is 12.2. The number of thioether (sulfide) groups is 1. The summed E-state index contributed by atoms with van der Waals surface area (Å²) in [6.45, 7) is 0. The van der Waals surface area contributed by atoms with Crippen molar-refractivity contribution in [3.63, 3.8) is 0 Å². The zero-order valence-electron chi connectivity index (χ0n) is 14.3. The summed E-state index contributed by atoms with van der Waals surface area (Å²) in [5, 5.41) is 0.414. The van der Waals surface area contributed by atoms with Gasteiger partial charge in [0.1, 0.15) is 15.7 Å². The molecular weight excluding hydrogens is 436 g/mol. The minimum atomic E-state index is -4.66. The summed E-state index contributed by atoms with van der Waals surface area (Å²) in [6, 6.07) is 10.2. The van der Waals surface area contributed by atoms with Crippen LogP contribution in [0.2, 0.25) is 0 Å². The van der Waals surface area contributed by atoms with Crippen LogP contribution in [0.1, 0.15) is 16.8 Å². The molecule has 2 aromatic heterocycles. The van der Waals surface area contributed by atoms with Crippen molar-refractivity contribution in [2.24, 2.45) is 0 Å². The number of pyridine rings is 1. The van der Waals surface area contributed by atoms with Crippen LogP contribution in [0.15, 0.2) is 69.9 Å². The Morgan fingerprint density at radius 1 is 0.793 bits per heavy atom. The van der Waals surface area contributed by atoms with Crippen molar-refractivity contribution >= 4 is 23.5 Å². The summed E-state index contributed by atoms with van der Waals surface area (Å²) in [4.78, 5) is 11.7. The van der Waals surface area contributed by atoms with E-state index in [1.807, 2.05) is 0 Å².